The number of likely N-dealkylation sites (tertiary alicyclic amines) is 1. The van der Waals surface area contributed by atoms with E-state index in [0.29, 0.717) is 6.04 Å². The fraction of sp³-hybridized carbons (Fsp3) is 1.00. The molecule has 1 saturated carbocycles. The third kappa shape index (κ3) is 4.46. The Kier molecular flexibility index (Phi) is 6.15. The second kappa shape index (κ2) is 7.64. The minimum Gasteiger partial charge on any atom is -0.327 e. The molecule has 19 heavy (non-hydrogen) atoms. The second-order valence-corrected chi connectivity index (χ2v) is 7.04. The summed E-state index contributed by atoms with van der Waals surface area (Å²) in [6.45, 7) is 8.58. The molecule has 2 heteroatoms. The van der Waals surface area contributed by atoms with Gasteiger partial charge in [-0.1, -0.05) is 33.1 Å². The molecule has 0 aromatic carbocycles. The summed E-state index contributed by atoms with van der Waals surface area (Å²) in [4.78, 5) is 2.70. The summed E-state index contributed by atoms with van der Waals surface area (Å²) in [6, 6.07) is 0.469. The summed E-state index contributed by atoms with van der Waals surface area (Å²) in [5.41, 5.74) is 6.36. The molecule has 0 bridgehead atoms. The molecule has 0 radical (unpaired) electrons. The van der Waals surface area contributed by atoms with E-state index in [2.05, 4.69) is 18.7 Å². The van der Waals surface area contributed by atoms with Crippen molar-refractivity contribution in [2.24, 2.45) is 23.5 Å². The van der Waals surface area contributed by atoms with E-state index in [1.807, 2.05) is 0 Å². The van der Waals surface area contributed by atoms with Crippen molar-refractivity contribution >= 4 is 0 Å². The molecule has 1 aliphatic carbocycles. The quantitative estimate of drug-likeness (QED) is 0.823. The predicted molar refractivity (Wildman–Crippen MR) is 83.2 cm³/mol. The van der Waals surface area contributed by atoms with Crippen LogP contribution in [0.3, 0.4) is 0 Å². The Bertz CT molecular complexity index is 246. The monoisotopic (exact) mass is 266 g/mol. The largest absolute Gasteiger partial charge is 0.327 e. The van der Waals surface area contributed by atoms with E-state index in [0.717, 1.165) is 17.8 Å². The molecule has 112 valence electrons. The summed E-state index contributed by atoms with van der Waals surface area (Å²) in [5, 5.41) is 0. The highest BCUT2D eigenvalue weighted by Crippen LogP contribution is 2.32. The fourth-order valence-corrected chi connectivity index (χ4v) is 4.16. The molecule has 0 aromatic rings. The lowest BCUT2D eigenvalue weighted by molar-refractivity contribution is 0.118. The van der Waals surface area contributed by atoms with Crippen molar-refractivity contribution in [1.29, 1.82) is 0 Å². The third-order valence-electron chi connectivity index (χ3n) is 5.62. The summed E-state index contributed by atoms with van der Waals surface area (Å²) < 4.78 is 0. The first-order valence-corrected chi connectivity index (χ1v) is 8.70. The summed E-state index contributed by atoms with van der Waals surface area (Å²) in [5.74, 6) is 2.72. The molecule has 0 aromatic heterocycles. The molecule has 2 aliphatic rings. The van der Waals surface area contributed by atoms with Gasteiger partial charge in [-0.25, -0.2) is 0 Å². The maximum absolute atomic E-state index is 6.36. The van der Waals surface area contributed by atoms with Crippen LogP contribution in [0.15, 0.2) is 0 Å². The summed E-state index contributed by atoms with van der Waals surface area (Å²) >= 11 is 0. The molecule has 1 saturated heterocycles. The molecule has 2 N–H and O–H groups in total. The van der Waals surface area contributed by atoms with E-state index in [4.69, 9.17) is 5.73 Å². The van der Waals surface area contributed by atoms with Crippen LogP contribution in [-0.4, -0.2) is 30.6 Å². The number of piperidine rings is 1. The number of rotatable bonds is 5. The molecule has 0 spiro atoms. The van der Waals surface area contributed by atoms with Gasteiger partial charge in [0, 0.05) is 12.6 Å². The van der Waals surface area contributed by atoms with Gasteiger partial charge in [0.1, 0.15) is 0 Å². The second-order valence-electron chi connectivity index (χ2n) is 7.04. The van der Waals surface area contributed by atoms with Crippen LogP contribution in [0.5, 0.6) is 0 Å². The zero-order valence-electron chi connectivity index (χ0n) is 13.1. The normalized spacial score (nSPS) is 34.6. The van der Waals surface area contributed by atoms with Crippen LogP contribution in [0.4, 0.5) is 0 Å². The summed E-state index contributed by atoms with van der Waals surface area (Å²) in [6.07, 6.45) is 11.0. The van der Waals surface area contributed by atoms with Gasteiger partial charge in [-0.2, -0.15) is 0 Å². The minimum atomic E-state index is 0.469. The van der Waals surface area contributed by atoms with Gasteiger partial charge in [-0.15, -0.1) is 0 Å². The van der Waals surface area contributed by atoms with Gasteiger partial charge in [0.2, 0.25) is 0 Å². The summed E-state index contributed by atoms with van der Waals surface area (Å²) in [7, 11) is 0. The number of hydrogen-bond donors (Lipinski definition) is 1. The Labute approximate surface area is 120 Å². The first kappa shape index (κ1) is 15.3. The van der Waals surface area contributed by atoms with Crippen molar-refractivity contribution in [2.75, 3.05) is 19.6 Å². The Balaban J connectivity index is 1.74. The Morgan fingerprint density at radius 1 is 1.00 bits per heavy atom. The van der Waals surface area contributed by atoms with E-state index in [1.54, 1.807) is 0 Å². The van der Waals surface area contributed by atoms with Gasteiger partial charge in [-0.3, -0.25) is 0 Å². The first-order valence-electron chi connectivity index (χ1n) is 8.70. The lowest BCUT2D eigenvalue weighted by atomic mass is 9.77. The predicted octanol–water partition coefficient (Wildman–Crippen LogP) is 3.65. The van der Waals surface area contributed by atoms with Crippen LogP contribution in [0.1, 0.15) is 65.2 Å². The highest BCUT2D eigenvalue weighted by atomic mass is 15.1. The van der Waals surface area contributed by atoms with Gasteiger partial charge in [0.05, 0.1) is 0 Å². The van der Waals surface area contributed by atoms with Gasteiger partial charge >= 0.3 is 0 Å². The Hall–Kier alpha value is -0.0800. The van der Waals surface area contributed by atoms with Crippen LogP contribution in [0, 0.1) is 17.8 Å². The lowest BCUT2D eigenvalue weighted by Crippen LogP contribution is -2.45. The molecule has 3 unspecified atom stereocenters. The SMILES string of the molecule is CCCC1CCN(CC2CC(CC)CCC2N)CC1. The smallest absolute Gasteiger partial charge is 0.00795 e. The topological polar surface area (TPSA) is 29.3 Å². The average Bonchev–Trinajstić information content (AvgIpc) is 2.44. The average molecular weight is 266 g/mol. The zero-order valence-corrected chi connectivity index (χ0v) is 13.1. The molecule has 3 atom stereocenters. The third-order valence-corrected chi connectivity index (χ3v) is 5.62. The Morgan fingerprint density at radius 3 is 2.37 bits per heavy atom. The number of hydrogen-bond acceptors (Lipinski definition) is 2. The molecule has 2 nitrogen and oxygen atoms in total. The van der Waals surface area contributed by atoms with Crippen molar-refractivity contribution in [3.63, 3.8) is 0 Å². The molecule has 1 heterocycles. The molecule has 1 aliphatic heterocycles. The highest BCUT2D eigenvalue weighted by Gasteiger charge is 2.29. The molecular formula is C17H34N2. The maximum atomic E-state index is 6.36. The van der Waals surface area contributed by atoms with E-state index in [-0.39, 0.29) is 0 Å². The fourth-order valence-electron chi connectivity index (χ4n) is 4.16. The minimum absolute atomic E-state index is 0.469. The van der Waals surface area contributed by atoms with Gasteiger partial charge in [0.15, 0.2) is 0 Å². The Morgan fingerprint density at radius 2 is 1.74 bits per heavy atom. The van der Waals surface area contributed by atoms with Crippen LogP contribution in [-0.2, 0) is 0 Å². The molecular weight excluding hydrogens is 232 g/mol. The highest BCUT2D eigenvalue weighted by molar-refractivity contribution is 4.85. The standard InChI is InChI=1S/C17H34N2/c1-3-5-15-8-10-19(11-9-15)13-16-12-14(4-2)6-7-17(16)18/h14-17H,3-13,18H2,1-2H3. The van der Waals surface area contributed by atoms with Crippen LogP contribution in [0.25, 0.3) is 0 Å². The van der Waals surface area contributed by atoms with Gasteiger partial charge < -0.3 is 10.6 Å². The number of nitrogens with zero attached hydrogens (tertiary/aromatic N) is 1. The van der Waals surface area contributed by atoms with Gasteiger partial charge in [0.25, 0.3) is 0 Å². The van der Waals surface area contributed by atoms with E-state index in [1.165, 1.54) is 71.0 Å². The van der Waals surface area contributed by atoms with Gasteiger partial charge in [-0.05, 0) is 62.9 Å². The van der Waals surface area contributed by atoms with E-state index < -0.39 is 0 Å². The van der Waals surface area contributed by atoms with Crippen LogP contribution >= 0.6 is 0 Å². The van der Waals surface area contributed by atoms with Crippen LogP contribution < -0.4 is 5.73 Å². The first-order chi connectivity index (χ1) is 9.22. The number of nitrogens with two attached hydrogens (primary N) is 1. The lowest BCUT2D eigenvalue weighted by Gasteiger charge is -2.39. The van der Waals surface area contributed by atoms with Crippen molar-refractivity contribution in [3.05, 3.63) is 0 Å². The van der Waals surface area contributed by atoms with E-state index in [9.17, 15) is 0 Å². The molecule has 2 fully saturated rings. The van der Waals surface area contributed by atoms with Crippen molar-refractivity contribution < 1.29 is 0 Å². The molecule has 0 amide bonds. The van der Waals surface area contributed by atoms with E-state index >= 15 is 0 Å². The van der Waals surface area contributed by atoms with Crippen molar-refractivity contribution in [2.45, 2.75) is 71.3 Å². The van der Waals surface area contributed by atoms with Crippen LogP contribution in [0.2, 0.25) is 0 Å². The molecule has 2 rings (SSSR count). The van der Waals surface area contributed by atoms with Crippen molar-refractivity contribution in [3.8, 4) is 0 Å². The maximum Gasteiger partial charge on any atom is 0.00795 e. The zero-order chi connectivity index (χ0) is 13.7. The van der Waals surface area contributed by atoms with Crippen molar-refractivity contribution in [1.82, 2.24) is 4.90 Å².